The molecule has 2 aromatic rings. The van der Waals surface area contributed by atoms with Crippen LogP contribution in [0.1, 0.15) is 33.2 Å². The number of hydrogen-bond donors (Lipinski definition) is 0. The molecule has 0 radical (unpaired) electrons. The Kier molecular flexibility index (Phi) is 6.07. The average molecular weight is 502 g/mol. The lowest BCUT2D eigenvalue weighted by Crippen LogP contribution is -2.24. The summed E-state index contributed by atoms with van der Waals surface area (Å²) in [5, 5.41) is 0. The van der Waals surface area contributed by atoms with Gasteiger partial charge in [0.25, 0.3) is 0 Å². The maximum absolute atomic E-state index is 12.6. The van der Waals surface area contributed by atoms with Gasteiger partial charge in [-0.2, -0.15) is 0 Å². The minimum absolute atomic E-state index is 0.106. The predicted octanol–water partition coefficient (Wildman–Crippen LogP) is 3.92. The lowest BCUT2D eigenvalue weighted by Gasteiger charge is -2.16. The number of halogens is 1. The molecule has 0 aliphatic heterocycles. The number of esters is 2. The van der Waals surface area contributed by atoms with E-state index in [1.54, 1.807) is 55.5 Å². The van der Waals surface area contributed by atoms with E-state index in [9.17, 15) is 19.2 Å². The molecule has 0 aromatic heterocycles. The monoisotopic (exact) mass is 502 g/mol. The summed E-state index contributed by atoms with van der Waals surface area (Å²) < 4.78 is 11.0. The molecule has 7 heteroatoms. The van der Waals surface area contributed by atoms with Gasteiger partial charge in [-0.1, -0.05) is 30.3 Å². The molecule has 0 saturated heterocycles. The summed E-state index contributed by atoms with van der Waals surface area (Å²) in [7, 11) is 0. The summed E-state index contributed by atoms with van der Waals surface area (Å²) in [6.45, 7) is 3.07. The normalized spacial score (nSPS) is 13.8. The summed E-state index contributed by atoms with van der Waals surface area (Å²) in [4.78, 5) is 49.7. The first-order chi connectivity index (χ1) is 13.8. The number of ether oxygens (including phenoxy) is 2. The lowest BCUT2D eigenvalue weighted by molar-refractivity contribution is -0.119. The zero-order chi connectivity index (χ0) is 21.1. The molecule has 29 heavy (non-hydrogen) atoms. The van der Waals surface area contributed by atoms with Crippen LogP contribution in [0.25, 0.3) is 0 Å². The zero-order valence-corrected chi connectivity index (χ0v) is 17.7. The Morgan fingerprint density at radius 1 is 0.828 bits per heavy atom. The second-order valence-corrected chi connectivity index (χ2v) is 7.39. The third-order valence-corrected chi connectivity index (χ3v) is 5.19. The molecule has 146 valence electrons. The van der Waals surface area contributed by atoms with Crippen molar-refractivity contribution < 1.29 is 28.7 Å². The average Bonchev–Trinajstić information content (AvgIpc) is 2.69. The predicted molar refractivity (Wildman–Crippen MR) is 112 cm³/mol. The van der Waals surface area contributed by atoms with Gasteiger partial charge in [0.1, 0.15) is 0 Å². The van der Waals surface area contributed by atoms with E-state index in [-0.39, 0.29) is 22.5 Å². The summed E-state index contributed by atoms with van der Waals surface area (Å²) in [5.41, 5.74) is 1.12. The van der Waals surface area contributed by atoms with Crippen LogP contribution in [0.2, 0.25) is 0 Å². The van der Waals surface area contributed by atoms with E-state index in [0.29, 0.717) is 9.13 Å². The van der Waals surface area contributed by atoms with Crippen molar-refractivity contribution in [2.45, 2.75) is 13.8 Å². The fourth-order valence-electron chi connectivity index (χ4n) is 2.66. The minimum Gasteiger partial charge on any atom is -0.419 e. The highest BCUT2D eigenvalue weighted by atomic mass is 127. The van der Waals surface area contributed by atoms with Gasteiger partial charge in [-0.15, -0.1) is 0 Å². The topological polar surface area (TPSA) is 86.7 Å². The van der Waals surface area contributed by atoms with E-state index in [2.05, 4.69) is 0 Å². The molecule has 0 bridgehead atoms. The molecule has 2 aromatic carbocycles. The Bertz CT molecular complexity index is 1110. The first kappa shape index (κ1) is 20.7. The first-order valence-corrected chi connectivity index (χ1v) is 9.63. The Hall–Kier alpha value is -3.07. The van der Waals surface area contributed by atoms with Crippen molar-refractivity contribution in [1.82, 2.24) is 0 Å². The highest BCUT2D eigenvalue weighted by molar-refractivity contribution is 14.1. The van der Waals surface area contributed by atoms with Crippen molar-refractivity contribution in [1.29, 1.82) is 0 Å². The first-order valence-electron chi connectivity index (χ1n) is 8.55. The van der Waals surface area contributed by atoms with Crippen LogP contribution in [0.3, 0.4) is 0 Å². The summed E-state index contributed by atoms with van der Waals surface area (Å²) in [6, 6.07) is 13.4. The van der Waals surface area contributed by atoms with E-state index in [0.717, 1.165) is 6.08 Å². The Morgan fingerprint density at radius 2 is 1.41 bits per heavy atom. The SMILES string of the molecule is CC1=C(OC(=O)c2ccccc2C)C(=O)C=C(OC(=O)c2ccccc2I)C1=O. The largest absolute Gasteiger partial charge is 0.419 e. The van der Waals surface area contributed by atoms with Crippen LogP contribution >= 0.6 is 22.6 Å². The molecule has 3 rings (SSSR count). The van der Waals surface area contributed by atoms with Crippen molar-refractivity contribution in [3.05, 3.63) is 92.0 Å². The number of ketones is 2. The van der Waals surface area contributed by atoms with Crippen LogP contribution in [-0.2, 0) is 19.1 Å². The fourth-order valence-corrected chi connectivity index (χ4v) is 3.26. The number of hydrogen-bond acceptors (Lipinski definition) is 6. The van der Waals surface area contributed by atoms with Gasteiger partial charge >= 0.3 is 11.9 Å². The Labute approximate surface area is 180 Å². The van der Waals surface area contributed by atoms with Gasteiger partial charge < -0.3 is 9.47 Å². The van der Waals surface area contributed by atoms with Gasteiger partial charge in [0.05, 0.1) is 11.1 Å². The number of allylic oxidation sites excluding steroid dienone is 2. The molecule has 0 amide bonds. The van der Waals surface area contributed by atoms with Crippen molar-refractivity contribution >= 4 is 46.1 Å². The van der Waals surface area contributed by atoms with E-state index < -0.39 is 29.3 Å². The molecule has 0 spiro atoms. The molecule has 0 N–H and O–H groups in total. The number of aryl methyl sites for hydroxylation is 1. The Morgan fingerprint density at radius 3 is 2.07 bits per heavy atom. The number of rotatable bonds is 4. The van der Waals surface area contributed by atoms with Gasteiger partial charge in [-0.3, -0.25) is 9.59 Å². The van der Waals surface area contributed by atoms with Crippen molar-refractivity contribution in [3.8, 4) is 0 Å². The van der Waals surface area contributed by atoms with Gasteiger partial charge in [-0.25, -0.2) is 9.59 Å². The third kappa shape index (κ3) is 4.34. The molecular weight excluding hydrogens is 487 g/mol. The molecule has 6 nitrogen and oxygen atoms in total. The Balaban J connectivity index is 1.80. The van der Waals surface area contributed by atoms with Gasteiger partial charge in [-0.05, 0) is 60.2 Å². The van der Waals surface area contributed by atoms with Gasteiger partial charge in [0.2, 0.25) is 11.6 Å². The van der Waals surface area contributed by atoms with E-state index in [1.165, 1.54) is 6.92 Å². The third-order valence-electron chi connectivity index (χ3n) is 4.25. The zero-order valence-electron chi connectivity index (χ0n) is 15.5. The lowest BCUT2D eigenvalue weighted by atomic mass is 10.0. The smallest absolute Gasteiger partial charge is 0.344 e. The van der Waals surface area contributed by atoms with Crippen molar-refractivity contribution in [2.24, 2.45) is 0 Å². The van der Waals surface area contributed by atoms with Crippen LogP contribution in [-0.4, -0.2) is 23.5 Å². The molecule has 0 fully saturated rings. The minimum atomic E-state index is -0.754. The van der Waals surface area contributed by atoms with E-state index >= 15 is 0 Å². The van der Waals surface area contributed by atoms with Crippen molar-refractivity contribution in [3.63, 3.8) is 0 Å². The quantitative estimate of drug-likeness (QED) is 0.358. The molecule has 0 unspecified atom stereocenters. The van der Waals surface area contributed by atoms with E-state index in [1.807, 2.05) is 22.6 Å². The molecule has 1 aliphatic rings. The summed E-state index contributed by atoms with van der Waals surface area (Å²) in [5.74, 6) is -3.71. The van der Waals surface area contributed by atoms with Crippen molar-refractivity contribution in [2.75, 3.05) is 0 Å². The number of carbonyl (C=O) groups excluding carboxylic acids is 4. The molecule has 1 aliphatic carbocycles. The molecular formula is C22H15IO6. The second kappa shape index (κ2) is 8.52. The van der Waals surface area contributed by atoms with Crippen LogP contribution in [0.4, 0.5) is 0 Å². The summed E-state index contributed by atoms with van der Waals surface area (Å²) >= 11 is 1.97. The van der Waals surface area contributed by atoms with Crippen LogP contribution < -0.4 is 0 Å². The summed E-state index contributed by atoms with van der Waals surface area (Å²) in [6.07, 6.45) is 0.865. The standard InChI is InChI=1S/C22H15IO6/c1-12-7-3-4-8-14(12)21(26)29-20-13(2)19(25)18(11-17(20)24)28-22(27)15-9-5-6-10-16(15)23/h3-11H,1-2H3. The highest BCUT2D eigenvalue weighted by Crippen LogP contribution is 2.24. The van der Waals surface area contributed by atoms with Crippen LogP contribution in [0, 0.1) is 10.5 Å². The molecule has 0 saturated carbocycles. The van der Waals surface area contributed by atoms with Crippen LogP contribution in [0.15, 0.2) is 71.7 Å². The van der Waals surface area contributed by atoms with Gasteiger partial charge in [0, 0.05) is 15.2 Å². The van der Waals surface area contributed by atoms with Crippen LogP contribution in [0.5, 0.6) is 0 Å². The number of benzene rings is 2. The molecule has 0 atom stereocenters. The maximum atomic E-state index is 12.6. The van der Waals surface area contributed by atoms with E-state index in [4.69, 9.17) is 9.47 Å². The number of carbonyl (C=O) groups is 4. The number of Topliss-reactive ketones (excluding diaryl/α,β-unsaturated/α-hetero) is 1. The maximum Gasteiger partial charge on any atom is 0.344 e. The fraction of sp³-hybridized carbons (Fsp3) is 0.0909. The second-order valence-electron chi connectivity index (χ2n) is 6.23. The van der Waals surface area contributed by atoms with Gasteiger partial charge in [0.15, 0.2) is 11.5 Å². The highest BCUT2D eigenvalue weighted by Gasteiger charge is 2.32. The molecule has 0 heterocycles.